The van der Waals surface area contributed by atoms with Crippen molar-refractivity contribution < 1.29 is 14.3 Å². The van der Waals surface area contributed by atoms with Crippen LogP contribution in [0.25, 0.3) is 22.0 Å². The van der Waals surface area contributed by atoms with Crippen LogP contribution >= 0.6 is 11.3 Å². The molecule has 6 heteroatoms. The number of hydrogen-bond donors (Lipinski definition) is 1. The lowest BCUT2D eigenvalue weighted by Crippen LogP contribution is -2.19. The summed E-state index contributed by atoms with van der Waals surface area (Å²) in [4.78, 5) is 26.7. The summed E-state index contributed by atoms with van der Waals surface area (Å²) in [5.41, 5.74) is 7.07. The minimum absolute atomic E-state index is 0.214. The fourth-order valence-corrected chi connectivity index (χ4v) is 5.41. The molecule has 2 aromatic carbocycles. The van der Waals surface area contributed by atoms with Gasteiger partial charge in [-0.25, -0.2) is 4.79 Å². The Morgan fingerprint density at radius 3 is 2.51 bits per heavy atom. The van der Waals surface area contributed by atoms with Crippen molar-refractivity contribution in [1.82, 2.24) is 4.57 Å². The van der Waals surface area contributed by atoms with Gasteiger partial charge in [0.1, 0.15) is 16.3 Å². The number of ether oxygens (including phenoxy) is 1. The molecule has 0 saturated carbocycles. The molecule has 0 atom stereocenters. The van der Waals surface area contributed by atoms with E-state index in [1.54, 1.807) is 6.92 Å². The predicted octanol–water partition coefficient (Wildman–Crippen LogP) is 7.52. The van der Waals surface area contributed by atoms with Crippen LogP contribution in [0.2, 0.25) is 0 Å². The summed E-state index contributed by atoms with van der Waals surface area (Å²) in [6, 6.07) is 14.2. The highest BCUT2D eigenvalue weighted by Crippen LogP contribution is 2.37. The highest BCUT2D eigenvalue weighted by atomic mass is 32.1. The van der Waals surface area contributed by atoms with Crippen LogP contribution in [0.4, 0.5) is 5.00 Å². The van der Waals surface area contributed by atoms with Gasteiger partial charge in [0, 0.05) is 28.4 Å². The summed E-state index contributed by atoms with van der Waals surface area (Å²) < 4.78 is 7.49. The maximum absolute atomic E-state index is 13.7. The first kappa shape index (κ1) is 24.7. The fraction of sp³-hybridized carbons (Fsp3) is 0.310. The average Bonchev–Trinajstić information content (AvgIpc) is 3.38. The number of anilines is 1. The van der Waals surface area contributed by atoms with E-state index in [-0.39, 0.29) is 12.5 Å². The van der Waals surface area contributed by atoms with Crippen LogP contribution in [-0.2, 0) is 11.3 Å². The maximum Gasteiger partial charge on any atom is 0.341 e. The predicted molar refractivity (Wildman–Crippen MR) is 145 cm³/mol. The van der Waals surface area contributed by atoms with Gasteiger partial charge in [0.15, 0.2) is 0 Å². The molecule has 0 unspecified atom stereocenters. The van der Waals surface area contributed by atoms with E-state index in [1.165, 1.54) is 16.9 Å². The van der Waals surface area contributed by atoms with Gasteiger partial charge in [-0.05, 0) is 62.4 Å². The highest BCUT2D eigenvalue weighted by Gasteiger charge is 2.26. The van der Waals surface area contributed by atoms with Gasteiger partial charge < -0.3 is 14.6 Å². The summed E-state index contributed by atoms with van der Waals surface area (Å²) in [5, 5.41) is 6.56. The summed E-state index contributed by atoms with van der Waals surface area (Å²) in [6.45, 7) is 11.1. The van der Waals surface area contributed by atoms with E-state index in [9.17, 15) is 9.59 Å². The smallest absolute Gasteiger partial charge is 0.341 e. The van der Waals surface area contributed by atoms with Gasteiger partial charge in [-0.2, -0.15) is 0 Å². The van der Waals surface area contributed by atoms with E-state index < -0.39 is 5.97 Å². The number of para-hydroxylation sites is 1. The zero-order chi connectivity index (χ0) is 25.1. The van der Waals surface area contributed by atoms with Gasteiger partial charge >= 0.3 is 5.97 Å². The molecule has 5 nitrogen and oxygen atoms in total. The van der Waals surface area contributed by atoms with E-state index >= 15 is 0 Å². The molecular formula is C29H32N2O3S. The van der Waals surface area contributed by atoms with Crippen molar-refractivity contribution in [2.75, 3.05) is 11.9 Å². The quantitative estimate of drug-likeness (QED) is 0.261. The van der Waals surface area contributed by atoms with Gasteiger partial charge in [-0.15, -0.1) is 11.3 Å². The highest BCUT2D eigenvalue weighted by molar-refractivity contribution is 7.15. The van der Waals surface area contributed by atoms with Gasteiger partial charge in [0.2, 0.25) is 0 Å². The lowest BCUT2D eigenvalue weighted by molar-refractivity contribution is 0.0529. The Morgan fingerprint density at radius 1 is 1.03 bits per heavy atom. The number of esters is 1. The summed E-state index contributed by atoms with van der Waals surface area (Å²) in [6.07, 6.45) is 2.01. The van der Waals surface area contributed by atoms with Crippen molar-refractivity contribution in [3.05, 3.63) is 75.8 Å². The summed E-state index contributed by atoms with van der Waals surface area (Å²) in [7, 11) is 0. The lowest BCUT2D eigenvalue weighted by Gasteiger charge is -2.13. The lowest BCUT2D eigenvalue weighted by atomic mass is 9.99. The Kier molecular flexibility index (Phi) is 7.41. The second kappa shape index (κ2) is 10.5. The number of thiophene rings is 1. The number of hydrogen-bond acceptors (Lipinski definition) is 4. The molecule has 0 fully saturated rings. The van der Waals surface area contributed by atoms with Crippen LogP contribution in [0.5, 0.6) is 0 Å². The number of carbonyl (C=O) groups is 2. The molecule has 1 amide bonds. The molecule has 1 N–H and O–H groups in total. The normalized spacial score (nSPS) is 11.1. The number of fused-ring (bicyclic) bond motifs is 1. The first-order valence-corrected chi connectivity index (χ1v) is 13.0. The molecule has 0 saturated heterocycles. The number of nitrogens with one attached hydrogen (secondary N) is 1. The molecule has 2 heterocycles. The van der Waals surface area contributed by atoms with Crippen LogP contribution in [0, 0.1) is 20.8 Å². The Bertz CT molecular complexity index is 1400. The topological polar surface area (TPSA) is 60.3 Å². The van der Waals surface area contributed by atoms with Gasteiger partial charge in [-0.1, -0.05) is 49.7 Å². The van der Waals surface area contributed by atoms with Crippen molar-refractivity contribution in [2.24, 2.45) is 0 Å². The van der Waals surface area contributed by atoms with Crippen LogP contribution < -0.4 is 5.32 Å². The van der Waals surface area contributed by atoms with Crippen LogP contribution in [0.1, 0.15) is 64.2 Å². The number of aryl methyl sites for hydroxylation is 4. The Labute approximate surface area is 210 Å². The molecule has 0 aliphatic carbocycles. The van der Waals surface area contributed by atoms with E-state index in [4.69, 9.17) is 4.74 Å². The molecule has 2 aromatic heterocycles. The standard InChI is InChI=1S/C29H32N2O3S/c1-6-8-15-31-24-12-10-9-11-22(24)20(5)26(31)27(32)30-28-25(29(33)34-7-2)23(17-35-28)21-14-13-18(3)19(4)16-21/h9-14,16-17H,6-8,15H2,1-5H3,(H,30,32). The molecule has 0 spiro atoms. The largest absolute Gasteiger partial charge is 0.462 e. The number of rotatable bonds is 8. The van der Waals surface area contributed by atoms with Gasteiger partial charge in [-0.3, -0.25) is 4.79 Å². The third-order valence-corrected chi connectivity index (χ3v) is 7.39. The first-order valence-electron chi connectivity index (χ1n) is 12.1. The van der Waals surface area contributed by atoms with E-state index in [2.05, 4.69) is 48.9 Å². The molecule has 4 aromatic rings. The Hall–Kier alpha value is -3.38. The maximum atomic E-state index is 13.7. The number of amides is 1. The molecule has 4 rings (SSSR count). The molecule has 0 radical (unpaired) electrons. The van der Waals surface area contributed by atoms with Crippen molar-refractivity contribution >= 4 is 39.1 Å². The van der Waals surface area contributed by atoms with E-state index in [0.29, 0.717) is 16.3 Å². The van der Waals surface area contributed by atoms with Crippen LogP contribution in [0.15, 0.2) is 47.8 Å². The molecular weight excluding hydrogens is 456 g/mol. The third kappa shape index (κ3) is 4.76. The zero-order valence-electron chi connectivity index (χ0n) is 21.0. The first-order chi connectivity index (χ1) is 16.9. The number of carbonyl (C=O) groups excluding carboxylic acids is 2. The molecule has 0 bridgehead atoms. The number of aromatic nitrogens is 1. The monoisotopic (exact) mass is 488 g/mol. The minimum atomic E-state index is -0.430. The number of benzene rings is 2. The second-order valence-corrected chi connectivity index (χ2v) is 9.70. The Balaban J connectivity index is 1.78. The van der Waals surface area contributed by atoms with Gasteiger partial charge in [0.25, 0.3) is 5.91 Å². The summed E-state index contributed by atoms with van der Waals surface area (Å²) >= 11 is 1.35. The van der Waals surface area contributed by atoms with Crippen LogP contribution in [0.3, 0.4) is 0 Å². The summed E-state index contributed by atoms with van der Waals surface area (Å²) in [5.74, 6) is -0.644. The van der Waals surface area contributed by atoms with Crippen molar-refractivity contribution in [1.29, 1.82) is 0 Å². The van der Waals surface area contributed by atoms with E-state index in [1.807, 2.05) is 36.6 Å². The average molecular weight is 489 g/mol. The Morgan fingerprint density at radius 2 is 1.80 bits per heavy atom. The number of unbranched alkanes of at least 4 members (excludes halogenated alkanes) is 1. The van der Waals surface area contributed by atoms with Gasteiger partial charge in [0.05, 0.1) is 6.61 Å². The number of nitrogens with zero attached hydrogens (tertiary/aromatic N) is 1. The SMILES string of the molecule is CCCCn1c(C(=O)Nc2scc(-c3ccc(C)c(C)c3)c2C(=O)OCC)c(C)c2ccccc21. The fourth-order valence-electron chi connectivity index (χ4n) is 4.46. The second-order valence-electron chi connectivity index (χ2n) is 8.82. The molecule has 35 heavy (non-hydrogen) atoms. The van der Waals surface area contributed by atoms with Crippen molar-refractivity contribution in [2.45, 2.75) is 54.0 Å². The third-order valence-electron chi connectivity index (χ3n) is 6.49. The zero-order valence-corrected chi connectivity index (χ0v) is 21.8. The van der Waals surface area contributed by atoms with Crippen molar-refractivity contribution in [3.8, 4) is 11.1 Å². The van der Waals surface area contributed by atoms with Crippen LogP contribution in [-0.4, -0.2) is 23.1 Å². The molecule has 182 valence electrons. The van der Waals surface area contributed by atoms with E-state index in [0.717, 1.165) is 52.5 Å². The molecule has 0 aliphatic heterocycles. The van der Waals surface area contributed by atoms with Crippen molar-refractivity contribution in [3.63, 3.8) is 0 Å². The minimum Gasteiger partial charge on any atom is -0.462 e. The molecule has 0 aliphatic rings.